The van der Waals surface area contributed by atoms with Crippen LogP contribution in [-0.2, 0) is 4.79 Å². The van der Waals surface area contributed by atoms with Crippen LogP contribution in [0.4, 0.5) is 15.8 Å². The van der Waals surface area contributed by atoms with Gasteiger partial charge in [0.15, 0.2) is 6.61 Å². The van der Waals surface area contributed by atoms with E-state index in [4.69, 9.17) is 4.74 Å². The number of carbonyl (C=O) groups is 1. The first kappa shape index (κ1) is 15.2. The van der Waals surface area contributed by atoms with Gasteiger partial charge in [-0.15, -0.1) is 0 Å². The van der Waals surface area contributed by atoms with Crippen LogP contribution in [0, 0.1) is 15.9 Å². The van der Waals surface area contributed by atoms with Crippen LogP contribution in [0.2, 0.25) is 0 Å². The highest BCUT2D eigenvalue weighted by Crippen LogP contribution is 2.22. The normalized spacial score (nSPS) is 9.86. The standard InChI is InChI=1S/C14H12FN3O4/c15-10-4-3-5-11(8-10)22-9-14(19)17-16-12-6-1-2-7-13(12)18(20)21/h1-8,16H,9H2,(H,17,19). The Morgan fingerprint density at radius 3 is 2.73 bits per heavy atom. The minimum absolute atomic E-state index is 0.145. The largest absolute Gasteiger partial charge is 0.484 e. The minimum Gasteiger partial charge on any atom is -0.484 e. The molecule has 2 aromatic rings. The number of nitro groups is 1. The van der Waals surface area contributed by atoms with E-state index >= 15 is 0 Å². The van der Waals surface area contributed by atoms with Gasteiger partial charge in [0.2, 0.25) is 0 Å². The van der Waals surface area contributed by atoms with Crippen LogP contribution < -0.4 is 15.6 Å². The van der Waals surface area contributed by atoms with Crippen molar-refractivity contribution in [2.45, 2.75) is 0 Å². The molecule has 0 radical (unpaired) electrons. The molecule has 22 heavy (non-hydrogen) atoms. The zero-order valence-corrected chi connectivity index (χ0v) is 11.3. The van der Waals surface area contributed by atoms with Crippen LogP contribution >= 0.6 is 0 Å². The van der Waals surface area contributed by atoms with E-state index < -0.39 is 16.6 Å². The molecule has 7 nitrogen and oxygen atoms in total. The van der Waals surface area contributed by atoms with Gasteiger partial charge in [0.1, 0.15) is 17.3 Å². The third-order valence-electron chi connectivity index (χ3n) is 2.60. The lowest BCUT2D eigenvalue weighted by atomic mass is 10.3. The molecule has 0 saturated heterocycles. The lowest BCUT2D eigenvalue weighted by Crippen LogP contribution is -2.33. The zero-order valence-electron chi connectivity index (χ0n) is 11.3. The van der Waals surface area contributed by atoms with Gasteiger partial charge in [-0.3, -0.25) is 25.8 Å². The predicted molar refractivity (Wildman–Crippen MR) is 76.8 cm³/mol. The van der Waals surface area contributed by atoms with Crippen LogP contribution in [0.5, 0.6) is 5.75 Å². The van der Waals surface area contributed by atoms with Gasteiger partial charge in [-0.1, -0.05) is 18.2 Å². The van der Waals surface area contributed by atoms with E-state index in [1.54, 1.807) is 6.07 Å². The summed E-state index contributed by atoms with van der Waals surface area (Å²) >= 11 is 0. The monoisotopic (exact) mass is 305 g/mol. The highest BCUT2D eigenvalue weighted by Gasteiger charge is 2.12. The SMILES string of the molecule is O=C(COc1cccc(F)c1)NNc1ccccc1[N+](=O)[O-]. The number of nitro benzene ring substituents is 1. The smallest absolute Gasteiger partial charge is 0.294 e. The number of hydrazine groups is 1. The Labute approximate surface area is 124 Å². The maximum absolute atomic E-state index is 12.9. The number of para-hydroxylation sites is 2. The van der Waals surface area contributed by atoms with Gasteiger partial charge in [0.05, 0.1) is 4.92 Å². The number of nitrogens with zero attached hydrogens (tertiary/aromatic N) is 1. The lowest BCUT2D eigenvalue weighted by Gasteiger charge is -2.09. The van der Waals surface area contributed by atoms with Crippen molar-refractivity contribution in [1.29, 1.82) is 0 Å². The van der Waals surface area contributed by atoms with E-state index in [0.29, 0.717) is 0 Å². The Bertz CT molecular complexity index is 693. The fourth-order valence-corrected chi connectivity index (χ4v) is 1.62. The first-order valence-corrected chi connectivity index (χ1v) is 6.23. The number of nitrogens with one attached hydrogen (secondary N) is 2. The van der Waals surface area contributed by atoms with Gasteiger partial charge in [-0.2, -0.15) is 0 Å². The van der Waals surface area contributed by atoms with Crippen LogP contribution in [0.15, 0.2) is 48.5 Å². The van der Waals surface area contributed by atoms with E-state index in [9.17, 15) is 19.3 Å². The number of hydrogen-bond acceptors (Lipinski definition) is 5. The van der Waals surface area contributed by atoms with Crippen LogP contribution in [0.25, 0.3) is 0 Å². The molecule has 1 amide bonds. The van der Waals surface area contributed by atoms with Crippen molar-refractivity contribution >= 4 is 17.3 Å². The van der Waals surface area contributed by atoms with Crippen molar-refractivity contribution < 1.29 is 18.8 Å². The highest BCUT2D eigenvalue weighted by molar-refractivity contribution is 5.79. The quantitative estimate of drug-likeness (QED) is 0.630. The maximum Gasteiger partial charge on any atom is 0.294 e. The molecule has 2 rings (SSSR count). The van der Waals surface area contributed by atoms with Crippen LogP contribution in [-0.4, -0.2) is 17.4 Å². The number of halogens is 1. The van der Waals surface area contributed by atoms with Crippen molar-refractivity contribution in [1.82, 2.24) is 5.43 Å². The average Bonchev–Trinajstić information content (AvgIpc) is 2.51. The predicted octanol–water partition coefficient (Wildman–Crippen LogP) is 2.26. The Morgan fingerprint density at radius 2 is 2.00 bits per heavy atom. The fourth-order valence-electron chi connectivity index (χ4n) is 1.62. The molecule has 0 atom stereocenters. The molecular weight excluding hydrogens is 293 g/mol. The second kappa shape index (κ2) is 7.02. The van der Waals surface area contributed by atoms with Crippen molar-refractivity contribution in [3.63, 3.8) is 0 Å². The molecule has 0 fully saturated rings. The number of anilines is 1. The summed E-state index contributed by atoms with van der Waals surface area (Å²) in [5.41, 5.74) is 4.69. The topological polar surface area (TPSA) is 93.5 Å². The van der Waals surface area contributed by atoms with E-state index in [2.05, 4.69) is 10.9 Å². The molecule has 0 saturated carbocycles. The van der Waals surface area contributed by atoms with Gasteiger partial charge in [0, 0.05) is 12.1 Å². The first-order valence-electron chi connectivity index (χ1n) is 6.23. The second-order valence-electron chi connectivity index (χ2n) is 4.19. The molecule has 114 valence electrons. The van der Waals surface area contributed by atoms with Gasteiger partial charge in [-0.05, 0) is 18.2 Å². The average molecular weight is 305 g/mol. The van der Waals surface area contributed by atoms with E-state index in [-0.39, 0.29) is 23.7 Å². The van der Waals surface area contributed by atoms with Gasteiger partial charge >= 0.3 is 0 Å². The minimum atomic E-state index is -0.572. The van der Waals surface area contributed by atoms with E-state index in [0.717, 1.165) is 6.07 Å². The van der Waals surface area contributed by atoms with Crippen molar-refractivity contribution in [2.24, 2.45) is 0 Å². The number of amides is 1. The van der Waals surface area contributed by atoms with Gasteiger partial charge in [0.25, 0.3) is 11.6 Å². The summed E-state index contributed by atoms with van der Waals surface area (Å²) in [5, 5.41) is 10.8. The summed E-state index contributed by atoms with van der Waals surface area (Å²) in [6.07, 6.45) is 0. The molecule has 2 N–H and O–H groups in total. The summed E-state index contributed by atoms with van der Waals surface area (Å²) in [6, 6.07) is 11.2. The molecule has 2 aromatic carbocycles. The Kier molecular flexibility index (Phi) is 4.86. The van der Waals surface area contributed by atoms with E-state index in [1.165, 1.54) is 36.4 Å². The second-order valence-corrected chi connectivity index (χ2v) is 4.19. The molecule has 0 aliphatic heterocycles. The van der Waals surface area contributed by atoms with Crippen LogP contribution in [0.1, 0.15) is 0 Å². The number of hydrogen-bond donors (Lipinski definition) is 2. The number of ether oxygens (including phenoxy) is 1. The zero-order chi connectivity index (χ0) is 15.9. The van der Waals surface area contributed by atoms with Crippen molar-refractivity contribution in [3.05, 3.63) is 64.5 Å². The number of benzene rings is 2. The van der Waals surface area contributed by atoms with Crippen molar-refractivity contribution in [2.75, 3.05) is 12.0 Å². The Balaban J connectivity index is 1.87. The molecule has 0 spiro atoms. The van der Waals surface area contributed by atoms with Crippen molar-refractivity contribution in [3.8, 4) is 5.75 Å². The molecule has 0 unspecified atom stereocenters. The summed E-state index contributed by atoms with van der Waals surface area (Å²) < 4.78 is 18.0. The lowest BCUT2D eigenvalue weighted by molar-refractivity contribution is -0.384. The fraction of sp³-hybridized carbons (Fsp3) is 0.0714. The summed E-state index contributed by atoms with van der Waals surface area (Å²) in [6.45, 7) is -0.364. The van der Waals surface area contributed by atoms with Gasteiger partial charge < -0.3 is 4.74 Å². The van der Waals surface area contributed by atoms with Crippen LogP contribution in [0.3, 0.4) is 0 Å². The first-order chi connectivity index (χ1) is 10.6. The summed E-state index contributed by atoms with van der Waals surface area (Å²) in [7, 11) is 0. The molecule has 0 aliphatic rings. The molecule has 8 heteroatoms. The Morgan fingerprint density at radius 1 is 1.23 bits per heavy atom. The Hall–Kier alpha value is -3.16. The molecule has 0 heterocycles. The van der Waals surface area contributed by atoms with E-state index in [1.807, 2.05) is 0 Å². The molecular formula is C14H12FN3O4. The molecule has 0 aliphatic carbocycles. The summed E-state index contributed by atoms with van der Waals surface area (Å²) in [4.78, 5) is 21.8. The maximum atomic E-state index is 12.9. The van der Waals surface area contributed by atoms with Gasteiger partial charge in [-0.25, -0.2) is 4.39 Å². The number of carbonyl (C=O) groups excluding carboxylic acids is 1. The molecule has 0 bridgehead atoms. The number of rotatable bonds is 6. The highest BCUT2D eigenvalue weighted by atomic mass is 19.1. The molecule has 0 aromatic heterocycles. The third kappa shape index (κ3) is 4.17. The third-order valence-corrected chi connectivity index (χ3v) is 2.60. The summed E-state index contributed by atoms with van der Waals surface area (Å²) in [5.74, 6) is -0.834.